The minimum atomic E-state index is -0.217. The molecule has 3 aliphatic rings. The number of hydrogen-bond acceptors (Lipinski definition) is 2. The van der Waals surface area contributed by atoms with Crippen LogP contribution in [0, 0.1) is 11.8 Å². The Balaban J connectivity index is 1.63. The van der Waals surface area contributed by atoms with Crippen molar-refractivity contribution in [1.29, 1.82) is 0 Å². The van der Waals surface area contributed by atoms with Gasteiger partial charge in [0.1, 0.15) is 6.04 Å². The summed E-state index contributed by atoms with van der Waals surface area (Å²) in [5, 5.41) is 2.93. The van der Waals surface area contributed by atoms with Crippen LogP contribution in [0.4, 0.5) is 4.79 Å². The topological polar surface area (TPSA) is 52.7 Å². The molecule has 5 nitrogen and oxygen atoms in total. The van der Waals surface area contributed by atoms with Crippen LogP contribution in [-0.4, -0.2) is 54.0 Å². The molecule has 2 atom stereocenters. The van der Waals surface area contributed by atoms with Crippen molar-refractivity contribution in [3.05, 3.63) is 0 Å². The Labute approximate surface area is 133 Å². The lowest BCUT2D eigenvalue weighted by Crippen LogP contribution is -2.62. The fraction of sp³-hybridized carbons (Fsp3) is 0.882. The van der Waals surface area contributed by atoms with Gasteiger partial charge in [-0.15, -0.1) is 0 Å². The van der Waals surface area contributed by atoms with Crippen molar-refractivity contribution in [3.8, 4) is 0 Å². The summed E-state index contributed by atoms with van der Waals surface area (Å²) in [6.07, 6.45) is 7.97. The number of urea groups is 1. The Morgan fingerprint density at radius 1 is 1.27 bits per heavy atom. The van der Waals surface area contributed by atoms with Crippen LogP contribution in [0.25, 0.3) is 0 Å². The number of amides is 3. The van der Waals surface area contributed by atoms with Crippen molar-refractivity contribution < 1.29 is 9.59 Å². The van der Waals surface area contributed by atoms with E-state index >= 15 is 0 Å². The molecule has 0 spiro atoms. The van der Waals surface area contributed by atoms with Crippen molar-refractivity contribution >= 4 is 11.9 Å². The first-order valence-corrected chi connectivity index (χ1v) is 9.02. The molecule has 0 unspecified atom stereocenters. The zero-order valence-corrected chi connectivity index (χ0v) is 13.7. The van der Waals surface area contributed by atoms with E-state index in [-0.39, 0.29) is 18.0 Å². The Hall–Kier alpha value is -1.26. The van der Waals surface area contributed by atoms with Crippen LogP contribution < -0.4 is 5.32 Å². The van der Waals surface area contributed by atoms with Crippen LogP contribution in [0.1, 0.15) is 51.9 Å². The van der Waals surface area contributed by atoms with E-state index in [1.54, 1.807) is 4.90 Å². The molecule has 0 radical (unpaired) electrons. The number of rotatable bonds is 4. The number of nitrogens with one attached hydrogen (secondary N) is 1. The van der Waals surface area contributed by atoms with Crippen LogP contribution in [0.3, 0.4) is 0 Å². The Morgan fingerprint density at radius 3 is 2.77 bits per heavy atom. The third kappa shape index (κ3) is 3.23. The van der Waals surface area contributed by atoms with Gasteiger partial charge in [-0.05, 0) is 43.9 Å². The zero-order chi connectivity index (χ0) is 15.5. The highest BCUT2D eigenvalue weighted by Gasteiger charge is 2.43. The van der Waals surface area contributed by atoms with E-state index in [1.165, 1.54) is 25.7 Å². The number of carbonyl (C=O) groups is 2. The van der Waals surface area contributed by atoms with Crippen molar-refractivity contribution in [2.45, 2.75) is 57.9 Å². The van der Waals surface area contributed by atoms with Gasteiger partial charge in [0.05, 0.1) is 0 Å². The molecule has 0 aromatic carbocycles. The second kappa shape index (κ2) is 6.88. The summed E-state index contributed by atoms with van der Waals surface area (Å²) in [6.45, 7) is 5.29. The van der Waals surface area contributed by atoms with Gasteiger partial charge in [0.25, 0.3) is 0 Å². The van der Waals surface area contributed by atoms with E-state index in [4.69, 9.17) is 0 Å². The molecular formula is C17H29N3O2. The third-order valence-corrected chi connectivity index (χ3v) is 5.53. The van der Waals surface area contributed by atoms with E-state index in [1.807, 2.05) is 6.92 Å². The highest BCUT2D eigenvalue weighted by molar-refractivity contribution is 5.88. The van der Waals surface area contributed by atoms with Crippen LogP contribution in [0.5, 0.6) is 0 Å². The van der Waals surface area contributed by atoms with E-state index < -0.39 is 0 Å². The van der Waals surface area contributed by atoms with Crippen molar-refractivity contribution in [2.24, 2.45) is 11.8 Å². The molecule has 124 valence electrons. The second-order valence-electron chi connectivity index (χ2n) is 7.23. The molecule has 2 bridgehead atoms. The lowest BCUT2D eigenvalue weighted by atomic mass is 9.85. The third-order valence-electron chi connectivity index (χ3n) is 5.53. The standard InChI is InChI=1S/C17H29N3O2/c1-2-8-18-17(22)20-9-7-14-10-15(20)16(21)19(12-14)11-13-5-3-4-6-13/h13-15H,2-12H2,1H3,(H,18,22)/t14-,15+/m0/s1. The van der Waals surface area contributed by atoms with Gasteiger partial charge in [-0.25, -0.2) is 4.79 Å². The molecule has 3 fully saturated rings. The molecule has 3 rings (SSSR count). The number of hydrogen-bond donors (Lipinski definition) is 1. The molecule has 1 saturated carbocycles. The first-order valence-electron chi connectivity index (χ1n) is 9.02. The van der Waals surface area contributed by atoms with Crippen molar-refractivity contribution in [1.82, 2.24) is 15.1 Å². The number of carbonyl (C=O) groups excluding carboxylic acids is 2. The predicted octanol–water partition coefficient (Wildman–Crippen LogP) is 2.22. The van der Waals surface area contributed by atoms with E-state index in [9.17, 15) is 9.59 Å². The lowest BCUT2D eigenvalue weighted by Gasteiger charge is -2.46. The predicted molar refractivity (Wildman–Crippen MR) is 85.4 cm³/mol. The summed E-state index contributed by atoms with van der Waals surface area (Å²) in [5.41, 5.74) is 0. The first-order chi connectivity index (χ1) is 10.7. The van der Waals surface area contributed by atoms with Crippen LogP contribution in [0.15, 0.2) is 0 Å². The minimum absolute atomic E-state index is 0.0543. The normalized spacial score (nSPS) is 29.0. The SMILES string of the molecule is CCCNC(=O)N1CC[C@H]2C[C@@H]1C(=O)N(CC1CCCC1)C2. The summed E-state index contributed by atoms with van der Waals surface area (Å²) >= 11 is 0. The molecule has 1 N–H and O–H groups in total. The van der Waals surface area contributed by atoms with E-state index in [0.717, 1.165) is 38.9 Å². The molecule has 2 aliphatic heterocycles. The Bertz CT molecular complexity index is 420. The molecule has 22 heavy (non-hydrogen) atoms. The summed E-state index contributed by atoms with van der Waals surface area (Å²) in [6, 6.07) is -0.271. The maximum Gasteiger partial charge on any atom is 0.318 e. The van der Waals surface area contributed by atoms with Crippen LogP contribution >= 0.6 is 0 Å². The van der Waals surface area contributed by atoms with Gasteiger partial charge < -0.3 is 15.1 Å². The largest absolute Gasteiger partial charge is 0.340 e. The molecule has 0 aromatic rings. The Morgan fingerprint density at radius 2 is 2.05 bits per heavy atom. The fourth-order valence-corrected chi connectivity index (χ4v) is 4.30. The molecule has 5 heteroatoms. The molecular weight excluding hydrogens is 278 g/mol. The molecule has 1 aliphatic carbocycles. The summed E-state index contributed by atoms with van der Waals surface area (Å²) in [5.74, 6) is 1.46. The second-order valence-corrected chi connectivity index (χ2v) is 7.23. The molecule has 2 heterocycles. The summed E-state index contributed by atoms with van der Waals surface area (Å²) < 4.78 is 0. The summed E-state index contributed by atoms with van der Waals surface area (Å²) in [4.78, 5) is 29.0. The smallest absolute Gasteiger partial charge is 0.318 e. The van der Waals surface area contributed by atoms with Crippen molar-refractivity contribution in [3.63, 3.8) is 0 Å². The van der Waals surface area contributed by atoms with E-state index in [0.29, 0.717) is 18.4 Å². The van der Waals surface area contributed by atoms with Gasteiger partial charge in [-0.3, -0.25) is 4.79 Å². The maximum atomic E-state index is 12.8. The average Bonchev–Trinajstić information content (AvgIpc) is 3.03. The van der Waals surface area contributed by atoms with Crippen LogP contribution in [-0.2, 0) is 4.79 Å². The zero-order valence-electron chi connectivity index (χ0n) is 13.7. The number of nitrogens with zero attached hydrogens (tertiary/aromatic N) is 2. The summed E-state index contributed by atoms with van der Waals surface area (Å²) in [7, 11) is 0. The van der Waals surface area contributed by atoms with Gasteiger partial charge >= 0.3 is 6.03 Å². The monoisotopic (exact) mass is 307 g/mol. The fourth-order valence-electron chi connectivity index (χ4n) is 4.30. The van der Waals surface area contributed by atoms with E-state index in [2.05, 4.69) is 10.2 Å². The molecule has 2 saturated heterocycles. The van der Waals surface area contributed by atoms with Gasteiger partial charge in [-0.1, -0.05) is 19.8 Å². The van der Waals surface area contributed by atoms with Crippen LogP contribution in [0.2, 0.25) is 0 Å². The maximum absolute atomic E-state index is 12.8. The molecule has 3 amide bonds. The van der Waals surface area contributed by atoms with Gasteiger partial charge in [0.2, 0.25) is 5.91 Å². The van der Waals surface area contributed by atoms with Gasteiger partial charge in [-0.2, -0.15) is 0 Å². The average molecular weight is 307 g/mol. The molecule has 0 aromatic heterocycles. The number of fused-ring (bicyclic) bond motifs is 2. The number of likely N-dealkylation sites (tertiary alicyclic amines) is 2. The lowest BCUT2D eigenvalue weighted by molar-refractivity contribution is -0.144. The minimum Gasteiger partial charge on any atom is -0.340 e. The quantitative estimate of drug-likeness (QED) is 0.866. The van der Waals surface area contributed by atoms with Crippen molar-refractivity contribution in [2.75, 3.05) is 26.2 Å². The van der Waals surface area contributed by atoms with Gasteiger partial charge in [0.15, 0.2) is 0 Å². The highest BCUT2D eigenvalue weighted by atomic mass is 16.2. The first kappa shape index (κ1) is 15.6. The highest BCUT2D eigenvalue weighted by Crippen LogP contribution is 2.32. The van der Waals surface area contributed by atoms with Gasteiger partial charge in [0, 0.05) is 26.2 Å². The number of piperidine rings is 2. The Kier molecular flexibility index (Phi) is 4.89.